The number of benzene rings is 1. The van der Waals surface area contributed by atoms with Crippen molar-refractivity contribution in [3.8, 4) is 0 Å². The molecule has 1 aromatic heterocycles. The second kappa shape index (κ2) is 11.8. The van der Waals surface area contributed by atoms with E-state index in [1.165, 1.54) is 35.6 Å². The minimum absolute atomic E-state index is 0.0312. The van der Waals surface area contributed by atoms with E-state index in [2.05, 4.69) is 10.6 Å². The van der Waals surface area contributed by atoms with Crippen LogP contribution in [0.3, 0.4) is 0 Å². The highest BCUT2D eigenvalue weighted by Gasteiger charge is 2.21. The maximum atomic E-state index is 12.9. The van der Waals surface area contributed by atoms with Gasteiger partial charge in [-0.3, -0.25) is 19.2 Å². The van der Waals surface area contributed by atoms with Crippen molar-refractivity contribution in [2.24, 2.45) is 0 Å². The molecular weight excluding hydrogens is 411 g/mol. The third-order valence-electron chi connectivity index (χ3n) is 4.08. The SMILES string of the molecule is CCC(OC(=O)CCNC(=O)CCC(=O)c1cccs1)C(=O)Nc1ccc(F)cc1. The summed E-state index contributed by atoms with van der Waals surface area (Å²) in [5.74, 6) is -2.02. The first-order valence-corrected chi connectivity index (χ1v) is 10.4. The van der Waals surface area contributed by atoms with Crippen LogP contribution in [-0.4, -0.2) is 36.2 Å². The van der Waals surface area contributed by atoms with Gasteiger partial charge in [-0.05, 0) is 42.1 Å². The first-order valence-electron chi connectivity index (χ1n) is 9.48. The third kappa shape index (κ3) is 7.75. The monoisotopic (exact) mass is 434 g/mol. The second-order valence-electron chi connectivity index (χ2n) is 6.38. The lowest BCUT2D eigenvalue weighted by Gasteiger charge is -2.16. The van der Waals surface area contributed by atoms with Crippen LogP contribution in [0.4, 0.5) is 10.1 Å². The third-order valence-corrected chi connectivity index (χ3v) is 4.99. The van der Waals surface area contributed by atoms with Crippen LogP contribution in [0.25, 0.3) is 0 Å². The molecule has 1 heterocycles. The fraction of sp³-hybridized carbons (Fsp3) is 0.333. The predicted octanol–water partition coefficient (Wildman–Crippen LogP) is 3.32. The van der Waals surface area contributed by atoms with E-state index in [4.69, 9.17) is 4.74 Å². The molecule has 2 aromatic rings. The fourth-order valence-electron chi connectivity index (χ4n) is 2.48. The number of carbonyl (C=O) groups is 4. The Morgan fingerprint density at radius 1 is 1.07 bits per heavy atom. The van der Waals surface area contributed by atoms with Crippen molar-refractivity contribution < 1.29 is 28.3 Å². The lowest BCUT2D eigenvalue weighted by Crippen LogP contribution is -2.33. The minimum Gasteiger partial charge on any atom is -0.452 e. The van der Waals surface area contributed by atoms with Crippen LogP contribution in [-0.2, 0) is 19.1 Å². The number of hydrogen-bond acceptors (Lipinski definition) is 6. The quantitative estimate of drug-likeness (QED) is 0.417. The van der Waals surface area contributed by atoms with Crippen molar-refractivity contribution in [1.82, 2.24) is 5.32 Å². The van der Waals surface area contributed by atoms with E-state index in [-0.39, 0.29) is 43.9 Å². The number of anilines is 1. The van der Waals surface area contributed by atoms with E-state index in [9.17, 15) is 23.6 Å². The Morgan fingerprint density at radius 2 is 1.80 bits per heavy atom. The second-order valence-corrected chi connectivity index (χ2v) is 7.33. The van der Waals surface area contributed by atoms with Gasteiger partial charge in [-0.25, -0.2) is 4.39 Å². The number of hydrogen-bond donors (Lipinski definition) is 2. The van der Waals surface area contributed by atoms with Crippen molar-refractivity contribution in [2.45, 2.75) is 38.7 Å². The largest absolute Gasteiger partial charge is 0.452 e. The zero-order chi connectivity index (χ0) is 21.9. The average molecular weight is 434 g/mol. The normalized spacial score (nSPS) is 11.4. The molecule has 1 unspecified atom stereocenters. The van der Waals surface area contributed by atoms with Gasteiger partial charge in [0.2, 0.25) is 5.91 Å². The maximum absolute atomic E-state index is 12.9. The molecule has 0 aliphatic rings. The lowest BCUT2D eigenvalue weighted by molar-refractivity contribution is -0.154. The molecule has 0 saturated heterocycles. The molecule has 0 bridgehead atoms. The highest BCUT2D eigenvalue weighted by Crippen LogP contribution is 2.12. The van der Waals surface area contributed by atoms with Crippen molar-refractivity contribution in [3.05, 3.63) is 52.5 Å². The molecule has 9 heteroatoms. The molecule has 2 amide bonds. The van der Waals surface area contributed by atoms with Gasteiger partial charge >= 0.3 is 5.97 Å². The van der Waals surface area contributed by atoms with Gasteiger partial charge in [0.15, 0.2) is 11.9 Å². The van der Waals surface area contributed by atoms with Gasteiger partial charge in [0.05, 0.1) is 11.3 Å². The highest BCUT2D eigenvalue weighted by molar-refractivity contribution is 7.12. The molecule has 0 saturated carbocycles. The molecule has 0 aliphatic heterocycles. The Bertz CT molecular complexity index is 868. The zero-order valence-electron chi connectivity index (χ0n) is 16.5. The Labute approximate surface area is 177 Å². The van der Waals surface area contributed by atoms with E-state index in [1.54, 1.807) is 24.4 Å². The number of ketones is 1. The summed E-state index contributed by atoms with van der Waals surface area (Å²) < 4.78 is 18.1. The highest BCUT2D eigenvalue weighted by atomic mass is 32.1. The smallest absolute Gasteiger partial charge is 0.308 e. The zero-order valence-corrected chi connectivity index (χ0v) is 17.3. The Morgan fingerprint density at radius 3 is 2.43 bits per heavy atom. The van der Waals surface area contributed by atoms with Gasteiger partial charge in [0.1, 0.15) is 5.82 Å². The van der Waals surface area contributed by atoms with Gasteiger partial charge in [0.25, 0.3) is 5.91 Å². The summed E-state index contributed by atoms with van der Waals surface area (Å²) in [6.07, 6.45) is -0.718. The van der Waals surface area contributed by atoms with Crippen LogP contribution >= 0.6 is 11.3 Å². The molecule has 0 radical (unpaired) electrons. The molecule has 0 aliphatic carbocycles. The van der Waals surface area contributed by atoms with Gasteiger partial charge < -0.3 is 15.4 Å². The number of halogens is 1. The number of amides is 2. The average Bonchev–Trinajstić information content (AvgIpc) is 3.27. The molecule has 160 valence electrons. The van der Waals surface area contributed by atoms with Gasteiger partial charge in [-0.15, -0.1) is 11.3 Å². The van der Waals surface area contributed by atoms with E-state index in [0.29, 0.717) is 10.6 Å². The predicted molar refractivity (Wildman–Crippen MR) is 111 cm³/mol. The molecule has 1 aromatic carbocycles. The summed E-state index contributed by atoms with van der Waals surface area (Å²) in [7, 11) is 0. The van der Waals surface area contributed by atoms with Gasteiger partial charge in [-0.1, -0.05) is 13.0 Å². The van der Waals surface area contributed by atoms with Crippen LogP contribution in [0.1, 0.15) is 42.3 Å². The summed E-state index contributed by atoms with van der Waals surface area (Å²) in [5.41, 5.74) is 0.389. The van der Waals surface area contributed by atoms with E-state index < -0.39 is 23.8 Å². The summed E-state index contributed by atoms with van der Waals surface area (Å²) in [6, 6.07) is 8.70. The van der Waals surface area contributed by atoms with Gasteiger partial charge in [-0.2, -0.15) is 0 Å². The summed E-state index contributed by atoms with van der Waals surface area (Å²) in [4.78, 5) is 48.4. The van der Waals surface area contributed by atoms with E-state index >= 15 is 0 Å². The molecule has 1 atom stereocenters. The summed E-state index contributed by atoms with van der Waals surface area (Å²) >= 11 is 1.32. The van der Waals surface area contributed by atoms with Crippen LogP contribution in [0, 0.1) is 5.82 Å². The molecule has 2 N–H and O–H groups in total. The molecule has 2 rings (SSSR count). The standard InChI is InChI=1S/C21H23FN2O5S/c1-2-17(21(28)24-15-7-5-14(22)6-8-15)29-20(27)11-12-23-19(26)10-9-16(25)18-4-3-13-30-18/h3-8,13,17H,2,9-12H2,1H3,(H,23,26)(H,24,28). The maximum Gasteiger partial charge on any atom is 0.308 e. The molecule has 0 spiro atoms. The Kier molecular flexibility index (Phi) is 9.14. The number of ether oxygens (including phenoxy) is 1. The Hall–Kier alpha value is -3.07. The number of nitrogens with one attached hydrogen (secondary N) is 2. The first kappa shape index (κ1) is 23.2. The van der Waals surface area contributed by atoms with E-state index in [0.717, 1.165) is 0 Å². The summed E-state index contributed by atoms with van der Waals surface area (Å²) in [6.45, 7) is 1.73. The van der Waals surface area contributed by atoms with Crippen LogP contribution in [0.5, 0.6) is 0 Å². The molecular formula is C21H23FN2O5S. The van der Waals surface area contributed by atoms with Crippen molar-refractivity contribution in [2.75, 3.05) is 11.9 Å². The number of esters is 1. The van der Waals surface area contributed by atoms with Gasteiger partial charge in [0, 0.05) is 25.1 Å². The van der Waals surface area contributed by atoms with Crippen LogP contribution in [0.2, 0.25) is 0 Å². The first-order chi connectivity index (χ1) is 14.4. The van der Waals surface area contributed by atoms with Crippen molar-refractivity contribution in [1.29, 1.82) is 0 Å². The van der Waals surface area contributed by atoms with Crippen LogP contribution in [0.15, 0.2) is 41.8 Å². The number of Topliss-reactive ketones (excluding diaryl/α,β-unsaturated/α-hetero) is 1. The van der Waals surface area contributed by atoms with Crippen LogP contribution < -0.4 is 10.6 Å². The minimum atomic E-state index is -0.998. The lowest BCUT2D eigenvalue weighted by atomic mass is 10.2. The summed E-state index contributed by atoms with van der Waals surface area (Å²) in [5, 5.41) is 6.90. The molecule has 7 nitrogen and oxygen atoms in total. The van der Waals surface area contributed by atoms with E-state index in [1.807, 2.05) is 0 Å². The topological polar surface area (TPSA) is 102 Å². The van der Waals surface area contributed by atoms with Crippen molar-refractivity contribution in [3.63, 3.8) is 0 Å². The number of thiophene rings is 1. The number of rotatable bonds is 11. The van der Waals surface area contributed by atoms with Crippen molar-refractivity contribution >= 4 is 40.6 Å². The Balaban J connectivity index is 1.67. The fourth-order valence-corrected chi connectivity index (χ4v) is 3.17. The number of carbonyl (C=O) groups excluding carboxylic acids is 4. The molecule has 30 heavy (non-hydrogen) atoms. The molecule has 0 fully saturated rings.